The molecule has 4 unspecified atom stereocenters. The van der Waals surface area contributed by atoms with Crippen molar-refractivity contribution in [1.82, 2.24) is 25.9 Å². The van der Waals surface area contributed by atoms with Gasteiger partial charge in [0.25, 0.3) is 0 Å². The molecule has 14 heteroatoms. The minimum Gasteiger partial charge on any atom is -0.480 e. The molecule has 1 aromatic heterocycles. The molecule has 10 N–H and O–H groups in total. The van der Waals surface area contributed by atoms with Gasteiger partial charge in [0.2, 0.25) is 23.6 Å². The second kappa shape index (κ2) is 13.9. The van der Waals surface area contributed by atoms with Crippen LogP contribution in [-0.2, 0) is 30.4 Å². The number of amides is 4. The molecular formula is C20H33N7O7. The van der Waals surface area contributed by atoms with Gasteiger partial charge in [-0.1, -0.05) is 13.8 Å². The van der Waals surface area contributed by atoms with Crippen molar-refractivity contribution in [2.75, 3.05) is 6.61 Å². The predicted molar refractivity (Wildman–Crippen MR) is 119 cm³/mol. The van der Waals surface area contributed by atoms with Crippen LogP contribution in [0, 0.1) is 5.92 Å². The molecule has 0 aliphatic rings. The molecule has 0 bridgehead atoms. The lowest BCUT2D eigenvalue weighted by Crippen LogP contribution is -2.58. The van der Waals surface area contributed by atoms with Gasteiger partial charge in [0, 0.05) is 24.7 Å². The van der Waals surface area contributed by atoms with Crippen LogP contribution in [0.2, 0.25) is 0 Å². The average Bonchev–Trinajstić information content (AvgIpc) is 3.26. The van der Waals surface area contributed by atoms with Gasteiger partial charge >= 0.3 is 5.97 Å². The van der Waals surface area contributed by atoms with Gasteiger partial charge in [0.15, 0.2) is 0 Å². The molecule has 190 valence electrons. The molecule has 0 aromatic carbocycles. The smallest absolute Gasteiger partial charge is 0.328 e. The lowest BCUT2D eigenvalue weighted by atomic mass is 10.0. The highest BCUT2D eigenvalue weighted by Gasteiger charge is 2.31. The largest absolute Gasteiger partial charge is 0.480 e. The first-order chi connectivity index (χ1) is 15.9. The van der Waals surface area contributed by atoms with Crippen LogP contribution in [0.5, 0.6) is 0 Å². The summed E-state index contributed by atoms with van der Waals surface area (Å²) in [7, 11) is 0. The minimum absolute atomic E-state index is 0.000222. The minimum atomic E-state index is -1.57. The van der Waals surface area contributed by atoms with Crippen molar-refractivity contribution >= 4 is 29.6 Å². The maximum absolute atomic E-state index is 13.0. The van der Waals surface area contributed by atoms with Crippen molar-refractivity contribution in [3.05, 3.63) is 18.2 Å². The van der Waals surface area contributed by atoms with Crippen molar-refractivity contribution in [3.63, 3.8) is 0 Å². The molecule has 14 nitrogen and oxygen atoms in total. The molecule has 34 heavy (non-hydrogen) atoms. The molecule has 0 radical (unpaired) electrons. The normalized spacial score (nSPS) is 14.5. The van der Waals surface area contributed by atoms with E-state index in [-0.39, 0.29) is 31.6 Å². The molecule has 1 rings (SSSR count). The van der Waals surface area contributed by atoms with E-state index in [1.807, 2.05) is 13.8 Å². The number of primary amides is 1. The Morgan fingerprint density at radius 1 is 1.03 bits per heavy atom. The van der Waals surface area contributed by atoms with Gasteiger partial charge < -0.3 is 42.6 Å². The van der Waals surface area contributed by atoms with Crippen molar-refractivity contribution in [2.45, 2.75) is 63.7 Å². The number of hydrogen-bond acceptors (Lipinski definition) is 8. The van der Waals surface area contributed by atoms with Gasteiger partial charge in [0.05, 0.1) is 19.0 Å². The van der Waals surface area contributed by atoms with Crippen LogP contribution in [-0.4, -0.2) is 80.6 Å². The Hall–Kier alpha value is -3.52. The first-order valence-corrected chi connectivity index (χ1v) is 10.7. The molecule has 0 spiro atoms. The molecule has 1 aromatic rings. The van der Waals surface area contributed by atoms with Crippen LogP contribution < -0.4 is 27.4 Å². The predicted octanol–water partition coefficient (Wildman–Crippen LogP) is -2.88. The molecule has 4 atom stereocenters. The zero-order chi connectivity index (χ0) is 25.8. The SMILES string of the molecule is CC(C)CC(NC(=O)C(N)CCC(N)=O)C(=O)NC(Cc1cnc[nH]1)C(=O)NC(CO)C(=O)O. The summed E-state index contributed by atoms with van der Waals surface area (Å²) in [5, 5.41) is 25.5. The number of carbonyl (C=O) groups is 5. The van der Waals surface area contributed by atoms with Crippen LogP contribution in [0.1, 0.15) is 38.8 Å². The molecular weight excluding hydrogens is 450 g/mol. The van der Waals surface area contributed by atoms with E-state index >= 15 is 0 Å². The number of carboxylic acids is 1. The second-order valence-electron chi connectivity index (χ2n) is 8.23. The van der Waals surface area contributed by atoms with Gasteiger partial charge in [-0.3, -0.25) is 19.2 Å². The van der Waals surface area contributed by atoms with Crippen molar-refractivity contribution < 1.29 is 34.2 Å². The monoisotopic (exact) mass is 483 g/mol. The second-order valence-corrected chi connectivity index (χ2v) is 8.23. The van der Waals surface area contributed by atoms with E-state index in [0.717, 1.165) is 0 Å². The summed E-state index contributed by atoms with van der Waals surface area (Å²) in [6.07, 6.45) is 2.85. The molecule has 0 aliphatic carbocycles. The Kier molecular flexibility index (Phi) is 11.7. The van der Waals surface area contributed by atoms with E-state index in [0.29, 0.717) is 5.69 Å². The number of rotatable bonds is 15. The van der Waals surface area contributed by atoms with E-state index < -0.39 is 60.4 Å². The zero-order valence-electron chi connectivity index (χ0n) is 19.1. The van der Waals surface area contributed by atoms with E-state index in [9.17, 15) is 29.1 Å². The van der Waals surface area contributed by atoms with Gasteiger partial charge in [-0.2, -0.15) is 0 Å². The number of carbonyl (C=O) groups excluding carboxylic acids is 4. The number of hydrogen-bond donors (Lipinski definition) is 8. The lowest BCUT2D eigenvalue weighted by Gasteiger charge is -2.25. The van der Waals surface area contributed by atoms with Crippen LogP contribution in [0.4, 0.5) is 0 Å². The third-order valence-electron chi connectivity index (χ3n) is 4.79. The topological polar surface area (TPSA) is 243 Å². The van der Waals surface area contributed by atoms with Crippen LogP contribution >= 0.6 is 0 Å². The summed E-state index contributed by atoms with van der Waals surface area (Å²) < 4.78 is 0. The number of carboxylic acid groups (broad SMARTS) is 1. The average molecular weight is 484 g/mol. The number of aromatic amines is 1. The lowest BCUT2D eigenvalue weighted by molar-refractivity contribution is -0.143. The maximum Gasteiger partial charge on any atom is 0.328 e. The summed E-state index contributed by atoms with van der Waals surface area (Å²) in [5.41, 5.74) is 11.3. The Labute approximate surface area is 196 Å². The summed E-state index contributed by atoms with van der Waals surface area (Å²) >= 11 is 0. The molecule has 0 saturated carbocycles. The van der Waals surface area contributed by atoms with Gasteiger partial charge in [0.1, 0.15) is 18.1 Å². The molecule has 0 saturated heterocycles. The maximum atomic E-state index is 13.0. The van der Waals surface area contributed by atoms with Crippen molar-refractivity contribution in [1.29, 1.82) is 0 Å². The quantitative estimate of drug-likeness (QED) is 0.127. The Morgan fingerprint density at radius 3 is 2.12 bits per heavy atom. The van der Waals surface area contributed by atoms with Crippen LogP contribution in [0.25, 0.3) is 0 Å². The number of aliphatic hydroxyl groups is 1. The Morgan fingerprint density at radius 2 is 1.62 bits per heavy atom. The fraction of sp³-hybridized carbons (Fsp3) is 0.600. The number of nitrogens with one attached hydrogen (secondary N) is 4. The number of nitrogens with zero attached hydrogens (tertiary/aromatic N) is 1. The fourth-order valence-corrected chi connectivity index (χ4v) is 2.97. The third-order valence-corrected chi connectivity index (χ3v) is 4.79. The highest BCUT2D eigenvalue weighted by atomic mass is 16.4. The number of aliphatic hydroxyl groups excluding tert-OH is 1. The van der Waals surface area contributed by atoms with Crippen molar-refractivity contribution in [2.24, 2.45) is 17.4 Å². The Bertz CT molecular complexity index is 844. The van der Waals surface area contributed by atoms with E-state index in [4.69, 9.17) is 16.6 Å². The van der Waals surface area contributed by atoms with Crippen molar-refractivity contribution in [3.8, 4) is 0 Å². The fourth-order valence-electron chi connectivity index (χ4n) is 2.97. The number of H-pyrrole nitrogens is 1. The molecule has 0 fully saturated rings. The van der Waals surface area contributed by atoms with Gasteiger partial charge in [-0.15, -0.1) is 0 Å². The number of nitrogens with two attached hydrogens (primary N) is 2. The van der Waals surface area contributed by atoms with E-state index in [1.165, 1.54) is 12.5 Å². The Balaban J connectivity index is 2.99. The first kappa shape index (κ1) is 28.5. The van der Waals surface area contributed by atoms with E-state index in [2.05, 4.69) is 25.9 Å². The third kappa shape index (κ3) is 9.95. The summed E-state index contributed by atoms with van der Waals surface area (Å²) in [6.45, 7) is 2.81. The summed E-state index contributed by atoms with van der Waals surface area (Å²) in [5.74, 6) is -4.30. The number of aromatic nitrogens is 2. The van der Waals surface area contributed by atoms with Gasteiger partial charge in [-0.05, 0) is 18.8 Å². The van der Waals surface area contributed by atoms with Crippen LogP contribution in [0.3, 0.4) is 0 Å². The van der Waals surface area contributed by atoms with Crippen LogP contribution in [0.15, 0.2) is 12.5 Å². The first-order valence-electron chi connectivity index (χ1n) is 10.7. The van der Waals surface area contributed by atoms with Gasteiger partial charge in [-0.25, -0.2) is 9.78 Å². The standard InChI is InChI=1S/C20H33N7O7/c1-10(2)5-13(25-17(30)12(21)3-4-16(22)29)18(31)26-14(6-11-7-23-9-24-11)19(32)27-15(8-28)20(33)34/h7,9-10,12-15,28H,3-6,8,21H2,1-2H3,(H2,22,29)(H,23,24)(H,25,30)(H,26,31)(H,27,32)(H,33,34). The highest BCUT2D eigenvalue weighted by molar-refractivity contribution is 5.94. The zero-order valence-corrected chi connectivity index (χ0v) is 19.1. The molecule has 0 aliphatic heterocycles. The summed E-state index contributed by atoms with van der Waals surface area (Å²) in [6, 6.07) is -4.93. The highest BCUT2D eigenvalue weighted by Crippen LogP contribution is 2.08. The number of aliphatic carboxylic acids is 1. The number of imidazole rings is 1. The molecule has 1 heterocycles. The summed E-state index contributed by atoms with van der Waals surface area (Å²) in [4.78, 5) is 66.9. The van der Waals surface area contributed by atoms with E-state index in [1.54, 1.807) is 0 Å². The molecule has 4 amide bonds.